The number of nitrogens with one attached hydrogen (secondary N) is 1. The number of hydrogen-bond acceptors (Lipinski definition) is 7. The van der Waals surface area contributed by atoms with Crippen LogP contribution in [0.5, 0.6) is 0 Å². The second-order valence-electron chi connectivity index (χ2n) is 9.35. The fraction of sp³-hybridized carbons (Fsp3) is 0.360. The van der Waals surface area contributed by atoms with Gasteiger partial charge in [-0.15, -0.1) is 0 Å². The maximum absolute atomic E-state index is 12.9. The largest absolute Gasteiger partial charge is 0.349 e. The Kier molecular flexibility index (Phi) is 5.37. The van der Waals surface area contributed by atoms with Gasteiger partial charge in [-0.05, 0) is 31.4 Å². The molecule has 2 aliphatic rings. The summed E-state index contributed by atoms with van der Waals surface area (Å²) in [5.74, 6) is 0.799. The highest BCUT2D eigenvalue weighted by Crippen LogP contribution is 2.39. The number of aryl methyl sites for hydroxylation is 1. The van der Waals surface area contributed by atoms with Gasteiger partial charge in [0.15, 0.2) is 0 Å². The summed E-state index contributed by atoms with van der Waals surface area (Å²) < 4.78 is 2.83. The average Bonchev–Trinajstić information content (AvgIpc) is 3.60. The molecule has 0 radical (unpaired) electrons. The van der Waals surface area contributed by atoms with Gasteiger partial charge in [-0.3, -0.25) is 14.5 Å². The van der Waals surface area contributed by atoms with Gasteiger partial charge in [0.1, 0.15) is 24.2 Å². The predicted octanol–water partition coefficient (Wildman–Crippen LogP) is 1.46. The van der Waals surface area contributed by atoms with Crippen molar-refractivity contribution in [2.75, 3.05) is 13.1 Å². The van der Waals surface area contributed by atoms with Crippen molar-refractivity contribution in [2.24, 2.45) is 0 Å². The molecule has 1 aliphatic carbocycles. The van der Waals surface area contributed by atoms with Crippen LogP contribution in [0.3, 0.4) is 0 Å². The number of aromatic nitrogens is 6. The van der Waals surface area contributed by atoms with Crippen molar-refractivity contribution in [1.82, 2.24) is 39.6 Å². The van der Waals surface area contributed by atoms with Gasteiger partial charge in [0, 0.05) is 37.0 Å². The summed E-state index contributed by atoms with van der Waals surface area (Å²) in [6.07, 6.45) is 7.40. The lowest BCUT2D eigenvalue weighted by Crippen LogP contribution is -2.60. The Labute approximate surface area is 201 Å². The zero-order valence-corrected chi connectivity index (χ0v) is 19.4. The lowest BCUT2D eigenvalue weighted by molar-refractivity contribution is -0.124. The number of amides is 1. The molecule has 4 aromatic rings. The van der Waals surface area contributed by atoms with Crippen molar-refractivity contribution >= 4 is 11.4 Å². The Morgan fingerprint density at radius 1 is 1.09 bits per heavy atom. The quantitative estimate of drug-likeness (QED) is 0.435. The zero-order valence-electron chi connectivity index (χ0n) is 19.4. The molecule has 1 amide bonds. The molecule has 1 N–H and O–H groups in total. The van der Waals surface area contributed by atoms with E-state index in [-0.39, 0.29) is 30.1 Å². The summed E-state index contributed by atoms with van der Waals surface area (Å²) in [4.78, 5) is 36.4. The highest BCUT2D eigenvalue weighted by atomic mass is 16.2. The van der Waals surface area contributed by atoms with Gasteiger partial charge in [0.05, 0.1) is 17.8 Å². The van der Waals surface area contributed by atoms with Crippen molar-refractivity contribution in [3.05, 3.63) is 88.1 Å². The van der Waals surface area contributed by atoms with Crippen LogP contribution >= 0.6 is 0 Å². The van der Waals surface area contributed by atoms with E-state index >= 15 is 0 Å². The summed E-state index contributed by atoms with van der Waals surface area (Å²) in [5, 5.41) is 11.9. The normalized spacial score (nSPS) is 17.3. The van der Waals surface area contributed by atoms with Gasteiger partial charge >= 0.3 is 0 Å². The van der Waals surface area contributed by atoms with E-state index < -0.39 is 0 Å². The van der Waals surface area contributed by atoms with Crippen LogP contribution in [0, 0.1) is 6.92 Å². The average molecular weight is 471 g/mol. The van der Waals surface area contributed by atoms with E-state index in [1.54, 1.807) is 11.4 Å². The number of carbonyl (C=O) groups excluding carboxylic acids is 1. The van der Waals surface area contributed by atoms with Gasteiger partial charge in [-0.2, -0.15) is 10.2 Å². The number of benzene rings is 1. The summed E-state index contributed by atoms with van der Waals surface area (Å²) in [7, 11) is 0. The molecule has 2 fully saturated rings. The van der Waals surface area contributed by atoms with E-state index in [1.807, 2.05) is 36.7 Å². The molecule has 1 saturated heterocycles. The molecule has 3 aromatic heterocycles. The SMILES string of the molecule is Cc1nn(CC(=O)NC2CN([C@H](c3ccccc3)c3cncnc3)C2)c(=O)c2cc(C3CC3)nn12. The molecular formula is C25H26N8O2. The Morgan fingerprint density at radius 3 is 2.54 bits per heavy atom. The van der Waals surface area contributed by atoms with Crippen LogP contribution in [0.1, 0.15) is 47.4 Å². The highest BCUT2D eigenvalue weighted by Gasteiger charge is 2.35. The molecule has 35 heavy (non-hydrogen) atoms. The lowest BCUT2D eigenvalue weighted by Gasteiger charge is -2.44. The van der Waals surface area contributed by atoms with Crippen molar-refractivity contribution in [1.29, 1.82) is 0 Å². The summed E-state index contributed by atoms with van der Waals surface area (Å²) >= 11 is 0. The second kappa shape index (κ2) is 8.70. The molecule has 1 atom stereocenters. The predicted molar refractivity (Wildman–Crippen MR) is 128 cm³/mol. The first-order chi connectivity index (χ1) is 17.1. The van der Waals surface area contributed by atoms with Gasteiger partial charge in [0.2, 0.25) is 5.91 Å². The Hall–Kier alpha value is -3.92. The molecule has 10 heteroatoms. The van der Waals surface area contributed by atoms with E-state index in [9.17, 15) is 9.59 Å². The first-order valence-electron chi connectivity index (χ1n) is 11.9. The van der Waals surface area contributed by atoms with Crippen molar-refractivity contribution in [2.45, 2.75) is 44.3 Å². The van der Waals surface area contributed by atoms with Crippen LogP contribution in [0.2, 0.25) is 0 Å². The molecule has 0 bridgehead atoms. The molecular weight excluding hydrogens is 444 g/mol. The Morgan fingerprint density at radius 2 is 1.83 bits per heavy atom. The molecule has 1 aromatic carbocycles. The van der Waals surface area contributed by atoms with Gasteiger partial charge in [0.25, 0.3) is 5.56 Å². The molecule has 1 saturated carbocycles. The van der Waals surface area contributed by atoms with Crippen molar-refractivity contribution < 1.29 is 4.79 Å². The number of carbonyl (C=O) groups is 1. The van der Waals surface area contributed by atoms with Gasteiger partial charge in [-0.25, -0.2) is 19.2 Å². The molecule has 6 rings (SSSR count). The zero-order chi connectivity index (χ0) is 23.9. The lowest BCUT2D eigenvalue weighted by atomic mass is 9.95. The number of hydrogen-bond donors (Lipinski definition) is 1. The fourth-order valence-corrected chi connectivity index (χ4v) is 4.80. The number of nitrogens with zero attached hydrogens (tertiary/aromatic N) is 7. The van der Waals surface area contributed by atoms with Crippen molar-refractivity contribution in [3.63, 3.8) is 0 Å². The molecule has 0 unspecified atom stereocenters. The molecule has 178 valence electrons. The number of likely N-dealkylation sites (tertiary alicyclic amines) is 1. The van der Waals surface area contributed by atoms with Crippen LogP contribution in [-0.2, 0) is 11.3 Å². The second-order valence-corrected chi connectivity index (χ2v) is 9.35. The summed E-state index contributed by atoms with van der Waals surface area (Å²) in [6, 6.07) is 12.1. The third-order valence-electron chi connectivity index (χ3n) is 6.69. The van der Waals surface area contributed by atoms with Crippen LogP contribution in [0.25, 0.3) is 5.52 Å². The van der Waals surface area contributed by atoms with E-state index in [0.29, 0.717) is 30.3 Å². The van der Waals surface area contributed by atoms with E-state index in [0.717, 1.165) is 29.7 Å². The fourth-order valence-electron chi connectivity index (χ4n) is 4.80. The Balaban J connectivity index is 1.13. The van der Waals surface area contributed by atoms with Crippen LogP contribution in [0.4, 0.5) is 0 Å². The standard InChI is InChI=1S/C25H26N8O2/c1-16-29-32(25(35)22-9-21(17-7-8-17)30-33(16)22)14-23(34)28-20-12-31(13-20)24(18-5-3-2-4-6-18)19-10-26-15-27-11-19/h2-6,9-11,15,17,20,24H,7-8,12-14H2,1H3,(H,28,34)/t24-/m1/s1. The van der Waals surface area contributed by atoms with E-state index in [2.05, 4.69) is 42.5 Å². The van der Waals surface area contributed by atoms with Crippen LogP contribution in [0.15, 0.2) is 59.9 Å². The van der Waals surface area contributed by atoms with Gasteiger partial charge < -0.3 is 5.32 Å². The van der Waals surface area contributed by atoms with Gasteiger partial charge in [-0.1, -0.05) is 30.3 Å². The third-order valence-corrected chi connectivity index (χ3v) is 6.69. The first-order valence-corrected chi connectivity index (χ1v) is 11.9. The smallest absolute Gasteiger partial charge is 0.293 e. The molecule has 1 aliphatic heterocycles. The maximum Gasteiger partial charge on any atom is 0.293 e. The Bertz CT molecular complexity index is 1380. The van der Waals surface area contributed by atoms with E-state index in [4.69, 9.17) is 0 Å². The monoisotopic (exact) mass is 470 g/mol. The summed E-state index contributed by atoms with van der Waals surface area (Å²) in [5.41, 5.74) is 3.26. The topological polar surface area (TPSA) is 110 Å². The number of fused-ring (bicyclic) bond motifs is 1. The minimum Gasteiger partial charge on any atom is -0.349 e. The molecule has 4 heterocycles. The minimum atomic E-state index is -0.298. The third kappa shape index (κ3) is 4.21. The number of rotatable bonds is 7. The first kappa shape index (κ1) is 21.6. The van der Waals surface area contributed by atoms with E-state index in [1.165, 1.54) is 11.0 Å². The minimum absolute atomic E-state index is 0.00434. The molecule has 0 spiro atoms. The molecule has 10 nitrogen and oxygen atoms in total. The van der Waals surface area contributed by atoms with Crippen LogP contribution < -0.4 is 10.9 Å². The maximum atomic E-state index is 12.9. The highest BCUT2D eigenvalue weighted by molar-refractivity contribution is 5.76. The summed E-state index contributed by atoms with van der Waals surface area (Å²) in [6.45, 7) is 3.05. The van der Waals surface area contributed by atoms with Crippen LogP contribution in [-0.4, -0.2) is 59.3 Å². The van der Waals surface area contributed by atoms with Crippen molar-refractivity contribution in [3.8, 4) is 0 Å².